The Morgan fingerprint density at radius 2 is 1.51 bits per heavy atom. The number of halogens is 1. The first-order valence-corrected chi connectivity index (χ1v) is 12.0. The lowest BCUT2D eigenvalue weighted by Crippen LogP contribution is -2.22. The van der Waals surface area contributed by atoms with Crippen LogP contribution in [0.15, 0.2) is 72.8 Å². The molecule has 4 aromatic rings. The standard InChI is InChI=1S/C27H28ClN7/c1-35(2)24-12-10-22(11-13-24)30-26-32-25(29-17-18-6-5-9-21(28)14-18)33-27(34-26)31-23-15-19-7-3-4-8-20(19)16-23/h3-14,23H,15-17H2,1-2H3,(H3,29,30,31,32,33,34). The van der Waals surface area contributed by atoms with Gasteiger partial charge in [0.1, 0.15) is 0 Å². The Balaban J connectivity index is 1.36. The second-order valence-corrected chi connectivity index (χ2v) is 9.31. The minimum absolute atomic E-state index is 0.239. The van der Waals surface area contributed by atoms with Gasteiger partial charge in [-0.3, -0.25) is 0 Å². The topological polar surface area (TPSA) is 78.0 Å². The highest BCUT2D eigenvalue weighted by atomic mass is 35.5. The van der Waals surface area contributed by atoms with Crippen LogP contribution in [0.25, 0.3) is 0 Å². The minimum atomic E-state index is 0.239. The molecular formula is C27H28ClN7. The molecule has 1 aliphatic rings. The van der Waals surface area contributed by atoms with Crippen LogP contribution in [0.3, 0.4) is 0 Å². The van der Waals surface area contributed by atoms with Crippen LogP contribution in [0.4, 0.5) is 29.2 Å². The van der Waals surface area contributed by atoms with Crippen molar-refractivity contribution in [2.24, 2.45) is 0 Å². The number of aromatic nitrogens is 3. The lowest BCUT2D eigenvalue weighted by atomic mass is 10.1. The molecule has 5 rings (SSSR count). The second kappa shape index (κ2) is 10.2. The summed E-state index contributed by atoms with van der Waals surface area (Å²) < 4.78 is 0. The molecule has 35 heavy (non-hydrogen) atoms. The first-order chi connectivity index (χ1) is 17.0. The largest absolute Gasteiger partial charge is 0.378 e. The van der Waals surface area contributed by atoms with Crippen molar-refractivity contribution in [3.63, 3.8) is 0 Å². The Kier molecular flexibility index (Phi) is 6.68. The van der Waals surface area contributed by atoms with Crippen LogP contribution >= 0.6 is 11.6 Å². The van der Waals surface area contributed by atoms with Crippen molar-refractivity contribution in [2.45, 2.75) is 25.4 Å². The molecule has 0 bridgehead atoms. The predicted octanol–water partition coefficient (Wildman–Crippen LogP) is 5.53. The number of hydrogen-bond donors (Lipinski definition) is 3. The molecule has 1 aliphatic carbocycles. The third kappa shape index (κ3) is 5.81. The molecule has 1 heterocycles. The van der Waals surface area contributed by atoms with Gasteiger partial charge in [0.2, 0.25) is 17.8 Å². The number of hydrogen-bond acceptors (Lipinski definition) is 7. The van der Waals surface area contributed by atoms with E-state index < -0.39 is 0 Å². The maximum absolute atomic E-state index is 6.14. The molecular weight excluding hydrogens is 458 g/mol. The molecule has 0 fully saturated rings. The van der Waals surface area contributed by atoms with Crippen molar-refractivity contribution in [3.05, 3.63) is 94.5 Å². The summed E-state index contributed by atoms with van der Waals surface area (Å²) in [5.41, 5.74) is 5.82. The van der Waals surface area contributed by atoms with E-state index in [0.717, 1.165) is 29.8 Å². The highest BCUT2D eigenvalue weighted by Gasteiger charge is 2.22. The normalized spacial score (nSPS) is 12.8. The quantitative estimate of drug-likeness (QED) is 0.303. The van der Waals surface area contributed by atoms with E-state index in [-0.39, 0.29) is 6.04 Å². The fraction of sp³-hybridized carbons (Fsp3) is 0.222. The van der Waals surface area contributed by atoms with Crippen molar-refractivity contribution < 1.29 is 0 Å². The summed E-state index contributed by atoms with van der Waals surface area (Å²) in [7, 11) is 4.04. The van der Waals surface area contributed by atoms with Gasteiger partial charge in [-0.05, 0) is 65.9 Å². The summed E-state index contributed by atoms with van der Waals surface area (Å²) in [5, 5.41) is 10.8. The van der Waals surface area contributed by atoms with E-state index >= 15 is 0 Å². The molecule has 1 aromatic heterocycles. The van der Waals surface area contributed by atoms with Gasteiger partial charge in [-0.15, -0.1) is 0 Å². The van der Waals surface area contributed by atoms with E-state index in [0.29, 0.717) is 29.4 Å². The molecule has 8 heteroatoms. The number of rotatable bonds is 8. The lowest BCUT2D eigenvalue weighted by molar-refractivity contribution is 0.760. The number of anilines is 5. The molecule has 7 nitrogen and oxygen atoms in total. The van der Waals surface area contributed by atoms with Gasteiger partial charge in [0, 0.05) is 43.1 Å². The SMILES string of the molecule is CN(C)c1ccc(Nc2nc(NCc3cccc(Cl)c3)nc(NC3Cc4ccccc4C3)n2)cc1. The maximum atomic E-state index is 6.14. The maximum Gasteiger partial charge on any atom is 0.233 e. The summed E-state index contributed by atoms with van der Waals surface area (Å²) in [5.74, 6) is 1.51. The third-order valence-electron chi connectivity index (χ3n) is 6.00. The van der Waals surface area contributed by atoms with Crippen LogP contribution in [-0.2, 0) is 19.4 Å². The van der Waals surface area contributed by atoms with Crippen LogP contribution in [0, 0.1) is 0 Å². The van der Waals surface area contributed by atoms with Gasteiger partial charge in [-0.1, -0.05) is 48.0 Å². The van der Waals surface area contributed by atoms with Gasteiger partial charge in [-0.2, -0.15) is 15.0 Å². The monoisotopic (exact) mass is 485 g/mol. The molecule has 0 unspecified atom stereocenters. The third-order valence-corrected chi connectivity index (χ3v) is 6.23. The minimum Gasteiger partial charge on any atom is -0.378 e. The van der Waals surface area contributed by atoms with Crippen LogP contribution in [0.2, 0.25) is 5.02 Å². The van der Waals surface area contributed by atoms with Crippen molar-refractivity contribution in [3.8, 4) is 0 Å². The zero-order chi connectivity index (χ0) is 24.2. The Morgan fingerprint density at radius 3 is 2.20 bits per heavy atom. The van der Waals surface area contributed by atoms with Crippen LogP contribution in [0.5, 0.6) is 0 Å². The molecule has 0 aliphatic heterocycles. The van der Waals surface area contributed by atoms with E-state index in [1.165, 1.54) is 11.1 Å². The van der Waals surface area contributed by atoms with Crippen molar-refractivity contribution in [2.75, 3.05) is 34.9 Å². The number of benzene rings is 3. The van der Waals surface area contributed by atoms with Gasteiger partial charge in [0.25, 0.3) is 0 Å². The summed E-state index contributed by atoms with van der Waals surface area (Å²) in [6, 6.07) is 24.7. The van der Waals surface area contributed by atoms with Gasteiger partial charge in [0.15, 0.2) is 0 Å². The van der Waals surface area contributed by atoms with E-state index in [4.69, 9.17) is 11.6 Å². The van der Waals surface area contributed by atoms with Gasteiger partial charge in [0.05, 0.1) is 0 Å². The summed E-state index contributed by atoms with van der Waals surface area (Å²) in [6.45, 7) is 0.551. The highest BCUT2D eigenvalue weighted by Crippen LogP contribution is 2.25. The molecule has 0 saturated carbocycles. The fourth-order valence-electron chi connectivity index (χ4n) is 4.22. The Bertz CT molecular complexity index is 1280. The zero-order valence-electron chi connectivity index (χ0n) is 19.8. The van der Waals surface area contributed by atoms with E-state index in [1.54, 1.807) is 0 Å². The Morgan fingerprint density at radius 1 is 0.829 bits per heavy atom. The lowest BCUT2D eigenvalue weighted by Gasteiger charge is -2.16. The molecule has 0 atom stereocenters. The van der Waals surface area contributed by atoms with Crippen LogP contribution in [0.1, 0.15) is 16.7 Å². The molecule has 0 spiro atoms. The van der Waals surface area contributed by atoms with E-state index in [9.17, 15) is 0 Å². The van der Waals surface area contributed by atoms with Gasteiger partial charge >= 0.3 is 0 Å². The molecule has 178 valence electrons. The average molecular weight is 486 g/mol. The van der Waals surface area contributed by atoms with E-state index in [2.05, 4.69) is 72.2 Å². The summed E-state index contributed by atoms with van der Waals surface area (Å²) >= 11 is 6.14. The van der Waals surface area contributed by atoms with Crippen LogP contribution in [-0.4, -0.2) is 35.1 Å². The van der Waals surface area contributed by atoms with Gasteiger partial charge in [-0.25, -0.2) is 0 Å². The zero-order valence-corrected chi connectivity index (χ0v) is 20.5. The molecule has 3 aromatic carbocycles. The van der Waals surface area contributed by atoms with Crippen LogP contribution < -0.4 is 20.9 Å². The van der Waals surface area contributed by atoms with Crippen molar-refractivity contribution >= 4 is 40.8 Å². The highest BCUT2D eigenvalue weighted by molar-refractivity contribution is 6.30. The van der Waals surface area contributed by atoms with E-state index in [1.807, 2.05) is 50.5 Å². The smallest absolute Gasteiger partial charge is 0.233 e. The average Bonchev–Trinajstić information content (AvgIpc) is 3.25. The molecule has 0 saturated heterocycles. The Labute approximate surface area is 210 Å². The number of fused-ring (bicyclic) bond motifs is 1. The number of nitrogens with one attached hydrogen (secondary N) is 3. The van der Waals surface area contributed by atoms with Gasteiger partial charge < -0.3 is 20.9 Å². The molecule has 3 N–H and O–H groups in total. The first-order valence-electron chi connectivity index (χ1n) is 11.6. The summed E-state index contributed by atoms with van der Waals surface area (Å²) in [6.07, 6.45) is 1.89. The second-order valence-electron chi connectivity index (χ2n) is 8.87. The molecule has 0 radical (unpaired) electrons. The number of nitrogens with zero attached hydrogens (tertiary/aromatic N) is 4. The Hall–Kier alpha value is -3.84. The molecule has 0 amide bonds. The first kappa shape index (κ1) is 22.9. The van der Waals surface area contributed by atoms with Crippen molar-refractivity contribution in [1.29, 1.82) is 0 Å². The van der Waals surface area contributed by atoms with Crippen molar-refractivity contribution in [1.82, 2.24) is 15.0 Å². The summed E-state index contributed by atoms with van der Waals surface area (Å²) in [4.78, 5) is 16.0. The predicted molar refractivity (Wildman–Crippen MR) is 144 cm³/mol. The fourth-order valence-corrected chi connectivity index (χ4v) is 4.43.